The van der Waals surface area contributed by atoms with E-state index in [9.17, 15) is 0 Å². The molecular formula is C12H11N3O3. The number of benzene rings is 1. The van der Waals surface area contributed by atoms with Gasteiger partial charge in [-0.05, 0) is 12.1 Å². The van der Waals surface area contributed by atoms with Crippen LogP contribution in [0.25, 0.3) is 11.4 Å². The van der Waals surface area contributed by atoms with Crippen LogP contribution < -0.4 is 9.47 Å². The first-order chi connectivity index (χ1) is 8.78. The van der Waals surface area contributed by atoms with Crippen LogP contribution in [0, 0.1) is 11.3 Å². The summed E-state index contributed by atoms with van der Waals surface area (Å²) < 4.78 is 15.3. The molecule has 1 aromatic heterocycles. The van der Waals surface area contributed by atoms with E-state index in [1.165, 1.54) is 0 Å². The Kier molecular flexibility index (Phi) is 3.44. The normalized spacial score (nSPS) is 9.83. The van der Waals surface area contributed by atoms with Gasteiger partial charge in [-0.25, -0.2) is 0 Å². The van der Waals surface area contributed by atoms with Crippen molar-refractivity contribution < 1.29 is 14.0 Å². The first kappa shape index (κ1) is 11.9. The van der Waals surface area contributed by atoms with Crippen LogP contribution in [0.15, 0.2) is 22.7 Å². The van der Waals surface area contributed by atoms with Crippen molar-refractivity contribution >= 4 is 0 Å². The van der Waals surface area contributed by atoms with Gasteiger partial charge in [0.1, 0.15) is 17.9 Å². The van der Waals surface area contributed by atoms with Crippen LogP contribution in [-0.2, 0) is 6.42 Å². The smallest absolute Gasteiger partial charge is 0.241 e. The Labute approximate surface area is 104 Å². The van der Waals surface area contributed by atoms with Crippen LogP contribution in [-0.4, -0.2) is 24.4 Å². The summed E-state index contributed by atoms with van der Waals surface area (Å²) in [5.74, 6) is 1.93. The minimum atomic E-state index is 0.0888. The van der Waals surface area contributed by atoms with Crippen molar-refractivity contribution in [1.29, 1.82) is 5.26 Å². The van der Waals surface area contributed by atoms with Gasteiger partial charge in [-0.2, -0.15) is 10.2 Å². The van der Waals surface area contributed by atoms with E-state index in [0.29, 0.717) is 22.9 Å². The fraction of sp³-hybridized carbons (Fsp3) is 0.250. The van der Waals surface area contributed by atoms with Crippen molar-refractivity contribution in [2.75, 3.05) is 14.2 Å². The molecule has 0 aliphatic carbocycles. The van der Waals surface area contributed by atoms with Gasteiger partial charge in [-0.15, -0.1) is 0 Å². The number of nitriles is 1. The molecule has 0 bridgehead atoms. The highest BCUT2D eigenvalue weighted by Crippen LogP contribution is 2.31. The highest BCUT2D eigenvalue weighted by molar-refractivity contribution is 5.65. The highest BCUT2D eigenvalue weighted by atomic mass is 16.5. The van der Waals surface area contributed by atoms with Gasteiger partial charge < -0.3 is 14.0 Å². The van der Waals surface area contributed by atoms with E-state index < -0.39 is 0 Å². The Morgan fingerprint density at radius 2 is 2.17 bits per heavy atom. The Balaban J connectivity index is 2.40. The van der Waals surface area contributed by atoms with Gasteiger partial charge in [0.15, 0.2) is 0 Å². The summed E-state index contributed by atoms with van der Waals surface area (Å²) in [5.41, 5.74) is 0.686. The second kappa shape index (κ2) is 5.19. The van der Waals surface area contributed by atoms with Crippen molar-refractivity contribution in [1.82, 2.24) is 10.1 Å². The number of rotatable bonds is 4. The van der Waals surface area contributed by atoms with Crippen LogP contribution >= 0.6 is 0 Å². The van der Waals surface area contributed by atoms with Crippen LogP contribution in [0.1, 0.15) is 5.89 Å². The first-order valence-corrected chi connectivity index (χ1v) is 5.20. The average molecular weight is 245 g/mol. The third-order valence-electron chi connectivity index (χ3n) is 2.35. The fourth-order valence-corrected chi connectivity index (χ4v) is 1.49. The molecule has 0 spiro atoms. The van der Waals surface area contributed by atoms with E-state index >= 15 is 0 Å². The van der Waals surface area contributed by atoms with Crippen LogP contribution in [0.4, 0.5) is 0 Å². The van der Waals surface area contributed by atoms with Crippen molar-refractivity contribution in [2.45, 2.75) is 6.42 Å². The molecule has 2 aromatic rings. The molecule has 2 rings (SSSR count). The molecule has 1 aromatic carbocycles. The first-order valence-electron chi connectivity index (χ1n) is 5.20. The maximum Gasteiger partial charge on any atom is 0.241 e. The molecule has 0 saturated heterocycles. The third-order valence-corrected chi connectivity index (χ3v) is 2.35. The molecule has 6 heteroatoms. The molecule has 0 aliphatic rings. The number of aromatic nitrogens is 2. The summed E-state index contributed by atoms with van der Waals surface area (Å²) in [6.45, 7) is 0. The van der Waals surface area contributed by atoms with Crippen molar-refractivity contribution in [3.05, 3.63) is 24.1 Å². The molecule has 0 fully saturated rings. The lowest BCUT2D eigenvalue weighted by Gasteiger charge is -2.07. The zero-order chi connectivity index (χ0) is 13.0. The predicted octanol–water partition coefficient (Wildman–Crippen LogP) is 1.82. The maximum atomic E-state index is 8.55. The van der Waals surface area contributed by atoms with E-state index in [-0.39, 0.29) is 12.3 Å². The SMILES string of the molecule is COc1ccc(-c2noc(CC#N)n2)c(OC)c1. The number of nitrogens with zero attached hydrogens (tertiary/aromatic N) is 3. The van der Waals surface area contributed by atoms with Crippen molar-refractivity contribution in [3.8, 4) is 29.0 Å². The Morgan fingerprint density at radius 3 is 2.83 bits per heavy atom. The van der Waals surface area contributed by atoms with Gasteiger partial charge >= 0.3 is 0 Å². The standard InChI is InChI=1S/C12H11N3O3/c1-16-8-3-4-9(10(7-8)17-2)12-14-11(5-6-13)18-15-12/h3-4,7H,5H2,1-2H3. The number of hydrogen-bond acceptors (Lipinski definition) is 6. The zero-order valence-electron chi connectivity index (χ0n) is 10.0. The highest BCUT2D eigenvalue weighted by Gasteiger charge is 2.13. The van der Waals surface area contributed by atoms with E-state index in [1.54, 1.807) is 32.4 Å². The number of hydrogen-bond donors (Lipinski definition) is 0. The fourth-order valence-electron chi connectivity index (χ4n) is 1.49. The third kappa shape index (κ3) is 2.25. The summed E-state index contributed by atoms with van der Waals surface area (Å²) in [7, 11) is 3.13. The minimum Gasteiger partial charge on any atom is -0.497 e. The summed E-state index contributed by atoms with van der Waals surface area (Å²) >= 11 is 0. The summed E-state index contributed by atoms with van der Waals surface area (Å²) in [6, 6.07) is 7.23. The van der Waals surface area contributed by atoms with Crippen molar-refractivity contribution in [3.63, 3.8) is 0 Å². The molecule has 0 atom stereocenters. The topological polar surface area (TPSA) is 81.2 Å². The van der Waals surface area contributed by atoms with Gasteiger partial charge in [0.05, 0.1) is 25.9 Å². The Hall–Kier alpha value is -2.55. The Bertz CT molecular complexity index is 586. The average Bonchev–Trinajstić information content (AvgIpc) is 2.87. The monoisotopic (exact) mass is 245 g/mol. The van der Waals surface area contributed by atoms with E-state index in [1.807, 2.05) is 6.07 Å². The van der Waals surface area contributed by atoms with E-state index in [2.05, 4.69) is 10.1 Å². The summed E-state index contributed by atoms with van der Waals surface area (Å²) in [6.07, 6.45) is 0.0888. The van der Waals surface area contributed by atoms with Crippen LogP contribution in [0.5, 0.6) is 11.5 Å². The second-order valence-electron chi connectivity index (χ2n) is 3.41. The lowest BCUT2D eigenvalue weighted by Crippen LogP contribution is -1.91. The van der Waals surface area contributed by atoms with Gasteiger partial charge in [0.2, 0.25) is 11.7 Å². The molecule has 0 aliphatic heterocycles. The summed E-state index contributed by atoms with van der Waals surface area (Å²) in [4.78, 5) is 4.11. The molecule has 92 valence electrons. The van der Waals surface area contributed by atoms with Gasteiger partial charge in [0, 0.05) is 6.07 Å². The molecule has 0 saturated carbocycles. The lowest BCUT2D eigenvalue weighted by atomic mass is 10.2. The minimum absolute atomic E-state index is 0.0888. The number of ether oxygens (including phenoxy) is 2. The van der Waals surface area contributed by atoms with Gasteiger partial charge in [-0.1, -0.05) is 5.16 Å². The molecule has 0 radical (unpaired) electrons. The molecular weight excluding hydrogens is 234 g/mol. The largest absolute Gasteiger partial charge is 0.497 e. The second-order valence-corrected chi connectivity index (χ2v) is 3.41. The molecule has 0 amide bonds. The van der Waals surface area contributed by atoms with Crippen LogP contribution in [0.2, 0.25) is 0 Å². The summed E-state index contributed by atoms with van der Waals surface area (Å²) in [5, 5.41) is 12.4. The number of methoxy groups -OCH3 is 2. The van der Waals surface area contributed by atoms with Gasteiger partial charge in [-0.3, -0.25) is 0 Å². The van der Waals surface area contributed by atoms with E-state index in [4.69, 9.17) is 19.3 Å². The Morgan fingerprint density at radius 1 is 1.33 bits per heavy atom. The van der Waals surface area contributed by atoms with E-state index in [0.717, 1.165) is 0 Å². The van der Waals surface area contributed by atoms with Crippen LogP contribution in [0.3, 0.4) is 0 Å². The zero-order valence-corrected chi connectivity index (χ0v) is 10.0. The maximum absolute atomic E-state index is 8.55. The predicted molar refractivity (Wildman–Crippen MR) is 62.2 cm³/mol. The molecule has 1 heterocycles. The van der Waals surface area contributed by atoms with Crippen molar-refractivity contribution in [2.24, 2.45) is 0 Å². The molecule has 0 unspecified atom stereocenters. The molecule has 18 heavy (non-hydrogen) atoms. The van der Waals surface area contributed by atoms with Gasteiger partial charge in [0.25, 0.3) is 0 Å². The lowest BCUT2D eigenvalue weighted by molar-refractivity contribution is 0.385. The molecule has 6 nitrogen and oxygen atoms in total. The molecule has 0 N–H and O–H groups in total. The quantitative estimate of drug-likeness (QED) is 0.817.